The Morgan fingerprint density at radius 3 is 1.34 bits per heavy atom. The van der Waals surface area contributed by atoms with Crippen LogP contribution < -0.4 is 18.9 Å². The third-order valence-electron chi connectivity index (χ3n) is 5.25. The lowest BCUT2D eigenvalue weighted by atomic mass is 9.75. The zero-order valence-corrected chi connectivity index (χ0v) is 17.3. The summed E-state index contributed by atoms with van der Waals surface area (Å²) in [4.78, 5) is 0. The highest BCUT2D eigenvalue weighted by Crippen LogP contribution is 2.42. The average Bonchev–Trinajstić information content (AvgIpc) is 2.78. The van der Waals surface area contributed by atoms with Crippen molar-refractivity contribution < 1.29 is 34.3 Å². The van der Waals surface area contributed by atoms with Gasteiger partial charge in [0.15, 0.2) is 23.0 Å². The Morgan fingerprint density at radius 2 is 1.03 bits per heavy atom. The first-order valence-corrected chi connectivity index (χ1v) is 9.34. The predicted molar refractivity (Wildman–Crippen MR) is 109 cm³/mol. The number of rotatable bonds is 11. The predicted octanol–water partition coefficient (Wildman–Crippen LogP) is 2.06. The first kappa shape index (κ1) is 22.8. The maximum atomic E-state index is 10.2. The molecule has 0 aliphatic rings. The van der Waals surface area contributed by atoms with Gasteiger partial charge in [0.25, 0.3) is 0 Å². The van der Waals surface area contributed by atoms with Crippen molar-refractivity contribution in [3.05, 3.63) is 47.5 Å². The van der Waals surface area contributed by atoms with Gasteiger partial charge in [-0.1, -0.05) is 12.1 Å². The fourth-order valence-corrected chi connectivity index (χ4v) is 3.63. The number of aliphatic hydroxyl groups excluding tert-OH is 3. The van der Waals surface area contributed by atoms with Crippen molar-refractivity contribution in [2.45, 2.75) is 5.92 Å². The molecule has 2 rings (SSSR count). The van der Waals surface area contributed by atoms with Crippen molar-refractivity contribution in [3.63, 3.8) is 0 Å². The molecule has 0 heterocycles. The van der Waals surface area contributed by atoms with Gasteiger partial charge < -0.3 is 34.3 Å². The minimum Gasteiger partial charge on any atom is -0.493 e. The summed E-state index contributed by atoms with van der Waals surface area (Å²) in [5, 5.41) is 29.7. The van der Waals surface area contributed by atoms with Gasteiger partial charge in [0.2, 0.25) is 0 Å². The molecule has 1 unspecified atom stereocenters. The third kappa shape index (κ3) is 4.93. The molecule has 0 spiro atoms. The van der Waals surface area contributed by atoms with Gasteiger partial charge in [-0.15, -0.1) is 0 Å². The lowest BCUT2D eigenvalue weighted by Gasteiger charge is -2.32. The van der Waals surface area contributed by atoms with Crippen LogP contribution in [-0.2, 0) is 0 Å². The molecule has 2 aromatic rings. The molecule has 160 valence electrons. The van der Waals surface area contributed by atoms with Crippen LogP contribution in [0.3, 0.4) is 0 Å². The first-order valence-electron chi connectivity index (χ1n) is 9.34. The highest BCUT2D eigenvalue weighted by atomic mass is 16.5. The first-order chi connectivity index (χ1) is 14.1. The summed E-state index contributed by atoms with van der Waals surface area (Å²) in [5.74, 6) is 0.984. The summed E-state index contributed by atoms with van der Waals surface area (Å²) in [5.41, 5.74) is 1.70. The average molecular weight is 406 g/mol. The molecule has 7 nitrogen and oxygen atoms in total. The third-order valence-corrected chi connectivity index (χ3v) is 5.25. The van der Waals surface area contributed by atoms with Crippen LogP contribution in [0.25, 0.3) is 0 Å². The Kier molecular flexibility index (Phi) is 8.57. The van der Waals surface area contributed by atoms with E-state index in [1.54, 1.807) is 40.6 Å². The lowest BCUT2D eigenvalue weighted by Crippen LogP contribution is -2.31. The molecule has 0 amide bonds. The quantitative estimate of drug-likeness (QED) is 0.525. The van der Waals surface area contributed by atoms with Crippen molar-refractivity contribution in [3.8, 4) is 23.0 Å². The molecule has 0 aromatic heterocycles. The molecule has 2 aromatic carbocycles. The molecule has 1 atom stereocenters. The monoisotopic (exact) mass is 406 g/mol. The second-order valence-electron chi connectivity index (χ2n) is 6.68. The Labute approximate surface area is 171 Å². The van der Waals surface area contributed by atoms with Crippen molar-refractivity contribution in [2.75, 3.05) is 48.3 Å². The van der Waals surface area contributed by atoms with Crippen LogP contribution in [-0.4, -0.2) is 63.6 Å². The summed E-state index contributed by atoms with van der Waals surface area (Å²) in [6.07, 6.45) is 0. The van der Waals surface area contributed by atoms with Crippen LogP contribution in [0.1, 0.15) is 17.0 Å². The van der Waals surface area contributed by atoms with Gasteiger partial charge >= 0.3 is 0 Å². The largest absolute Gasteiger partial charge is 0.493 e. The van der Waals surface area contributed by atoms with E-state index in [1.807, 2.05) is 24.3 Å². The minimum atomic E-state index is -0.508. The van der Waals surface area contributed by atoms with E-state index >= 15 is 0 Å². The summed E-state index contributed by atoms with van der Waals surface area (Å²) < 4.78 is 21.5. The molecular formula is C22H30O7. The van der Waals surface area contributed by atoms with Crippen molar-refractivity contribution >= 4 is 0 Å². The highest BCUT2D eigenvalue weighted by molar-refractivity contribution is 5.50. The molecule has 3 N–H and O–H groups in total. The van der Waals surface area contributed by atoms with Crippen LogP contribution in [0.4, 0.5) is 0 Å². The molecule has 0 saturated carbocycles. The molecule has 0 saturated heterocycles. The second kappa shape index (κ2) is 10.9. The summed E-state index contributed by atoms with van der Waals surface area (Å²) in [6, 6.07) is 11.0. The van der Waals surface area contributed by atoms with Crippen LogP contribution in [0.5, 0.6) is 23.0 Å². The van der Waals surface area contributed by atoms with Gasteiger partial charge in [0.1, 0.15) is 0 Å². The number of aliphatic hydroxyl groups is 3. The zero-order valence-electron chi connectivity index (χ0n) is 17.3. The number of methoxy groups -OCH3 is 4. The van der Waals surface area contributed by atoms with E-state index in [2.05, 4.69) is 0 Å². The standard InChI is InChI=1S/C22H30O7/c1-26-18-7-5-14(9-20(18)28-3)22(17(13-25)16(11-23)12-24)15-6-8-19(27-2)21(10-15)29-4/h5-10,16-17,22-25H,11-13H2,1-4H3. The molecule has 0 bridgehead atoms. The normalized spacial score (nSPS) is 12.2. The van der Waals surface area contributed by atoms with Crippen LogP contribution in [0.15, 0.2) is 36.4 Å². The topological polar surface area (TPSA) is 97.6 Å². The number of hydrogen-bond donors (Lipinski definition) is 3. The van der Waals surface area contributed by atoms with E-state index in [0.717, 1.165) is 11.1 Å². The van der Waals surface area contributed by atoms with Gasteiger partial charge in [-0.05, 0) is 35.4 Å². The molecule has 0 radical (unpaired) electrons. The molecular weight excluding hydrogens is 376 g/mol. The Morgan fingerprint density at radius 1 is 0.621 bits per heavy atom. The van der Waals surface area contributed by atoms with E-state index in [4.69, 9.17) is 18.9 Å². The lowest BCUT2D eigenvalue weighted by molar-refractivity contribution is 0.0654. The van der Waals surface area contributed by atoms with Gasteiger partial charge in [-0.25, -0.2) is 0 Å². The van der Waals surface area contributed by atoms with Crippen LogP contribution >= 0.6 is 0 Å². The molecule has 0 aliphatic carbocycles. The van der Waals surface area contributed by atoms with Gasteiger partial charge in [0, 0.05) is 37.6 Å². The summed E-state index contributed by atoms with van der Waals surface area (Å²) in [7, 11) is 6.24. The van der Waals surface area contributed by atoms with Crippen molar-refractivity contribution in [1.29, 1.82) is 0 Å². The minimum absolute atomic E-state index is 0.223. The van der Waals surface area contributed by atoms with Gasteiger partial charge in [-0.3, -0.25) is 0 Å². The van der Waals surface area contributed by atoms with Gasteiger partial charge in [0.05, 0.1) is 28.4 Å². The molecule has 29 heavy (non-hydrogen) atoms. The maximum Gasteiger partial charge on any atom is 0.161 e. The second-order valence-corrected chi connectivity index (χ2v) is 6.68. The molecule has 7 heteroatoms. The van der Waals surface area contributed by atoms with Gasteiger partial charge in [-0.2, -0.15) is 0 Å². The smallest absolute Gasteiger partial charge is 0.161 e. The van der Waals surface area contributed by atoms with E-state index in [0.29, 0.717) is 23.0 Å². The van der Waals surface area contributed by atoms with E-state index in [9.17, 15) is 15.3 Å². The van der Waals surface area contributed by atoms with Crippen molar-refractivity contribution in [1.82, 2.24) is 0 Å². The van der Waals surface area contributed by atoms with E-state index in [-0.39, 0.29) is 25.7 Å². The van der Waals surface area contributed by atoms with Crippen LogP contribution in [0.2, 0.25) is 0 Å². The highest BCUT2D eigenvalue weighted by Gasteiger charge is 2.32. The number of benzene rings is 2. The van der Waals surface area contributed by atoms with Crippen LogP contribution in [0, 0.1) is 11.8 Å². The Bertz CT molecular complexity index is 718. The zero-order chi connectivity index (χ0) is 21.4. The van der Waals surface area contributed by atoms with E-state index < -0.39 is 11.8 Å². The Balaban J connectivity index is 2.66. The summed E-state index contributed by atoms with van der Waals surface area (Å²) >= 11 is 0. The maximum absolute atomic E-state index is 10.2. The SMILES string of the molecule is COc1ccc(C(c2ccc(OC)c(OC)c2)C(CO)C(CO)CO)cc1OC. The molecule has 0 fully saturated rings. The number of ether oxygens (including phenoxy) is 4. The number of hydrogen-bond acceptors (Lipinski definition) is 7. The Hall–Kier alpha value is -2.48. The fraction of sp³-hybridized carbons (Fsp3) is 0.455. The summed E-state index contributed by atoms with van der Waals surface area (Å²) in [6.45, 7) is -0.725. The fourth-order valence-electron chi connectivity index (χ4n) is 3.63. The van der Waals surface area contributed by atoms with Crippen molar-refractivity contribution in [2.24, 2.45) is 11.8 Å². The van der Waals surface area contributed by atoms with E-state index in [1.165, 1.54) is 0 Å². The molecule has 0 aliphatic heterocycles.